The molecule has 0 N–H and O–H groups in total. The molecule has 0 fully saturated rings. The summed E-state index contributed by atoms with van der Waals surface area (Å²) in [5.74, 6) is 5.35. The molecule has 5 heteroatoms. The standard InChI is InChI=1S/C10H6ClN3O/c11-10-4-3-8(9(6-10)7-15)2-1-5-13-14-12/h3-4,6-7H,5H2. The Bertz CT molecular complexity index is 481. The first-order chi connectivity index (χ1) is 7.27. The van der Waals surface area contributed by atoms with Gasteiger partial charge in [-0.15, -0.1) is 0 Å². The van der Waals surface area contributed by atoms with Crippen LogP contribution >= 0.6 is 11.6 Å². The van der Waals surface area contributed by atoms with E-state index >= 15 is 0 Å². The third-order valence-corrected chi connectivity index (χ3v) is 1.81. The molecule has 0 saturated carbocycles. The summed E-state index contributed by atoms with van der Waals surface area (Å²) in [4.78, 5) is 13.2. The van der Waals surface area contributed by atoms with Crippen molar-refractivity contribution in [1.82, 2.24) is 0 Å². The van der Waals surface area contributed by atoms with Crippen molar-refractivity contribution < 1.29 is 4.79 Å². The van der Waals surface area contributed by atoms with Gasteiger partial charge >= 0.3 is 0 Å². The molecule has 0 saturated heterocycles. The van der Waals surface area contributed by atoms with Crippen LogP contribution in [-0.2, 0) is 0 Å². The van der Waals surface area contributed by atoms with Crippen molar-refractivity contribution in [2.75, 3.05) is 6.54 Å². The molecule has 1 aromatic carbocycles. The number of aldehydes is 1. The SMILES string of the molecule is [N-]=[N+]=NCC#Cc1ccc(Cl)cc1C=O. The lowest BCUT2D eigenvalue weighted by Gasteiger charge is -1.96. The molecule has 1 aromatic rings. The zero-order chi connectivity index (χ0) is 11.1. The van der Waals surface area contributed by atoms with Gasteiger partial charge in [0.1, 0.15) is 0 Å². The van der Waals surface area contributed by atoms with E-state index in [0.717, 1.165) is 0 Å². The predicted molar refractivity (Wildman–Crippen MR) is 57.7 cm³/mol. The third kappa shape index (κ3) is 3.35. The molecule has 0 spiro atoms. The van der Waals surface area contributed by atoms with Gasteiger partial charge in [-0.05, 0) is 23.7 Å². The van der Waals surface area contributed by atoms with Gasteiger partial charge in [0, 0.05) is 21.1 Å². The van der Waals surface area contributed by atoms with Gasteiger partial charge < -0.3 is 0 Å². The van der Waals surface area contributed by atoms with E-state index in [4.69, 9.17) is 17.1 Å². The molecule has 4 nitrogen and oxygen atoms in total. The van der Waals surface area contributed by atoms with Crippen LogP contribution in [0.2, 0.25) is 5.02 Å². The van der Waals surface area contributed by atoms with Crippen molar-refractivity contribution in [2.24, 2.45) is 5.11 Å². The van der Waals surface area contributed by atoms with Crippen molar-refractivity contribution >= 4 is 17.9 Å². The molecule has 0 aliphatic heterocycles. The van der Waals surface area contributed by atoms with Crippen LogP contribution in [0, 0.1) is 11.8 Å². The maximum absolute atomic E-state index is 10.7. The number of carbonyl (C=O) groups excluding carboxylic acids is 1. The molecule has 74 valence electrons. The van der Waals surface area contributed by atoms with Crippen molar-refractivity contribution in [2.45, 2.75) is 0 Å². The molecule has 0 aromatic heterocycles. The summed E-state index contributed by atoms with van der Waals surface area (Å²) in [7, 11) is 0. The van der Waals surface area contributed by atoms with Crippen LogP contribution in [0.3, 0.4) is 0 Å². The van der Waals surface area contributed by atoms with Crippen molar-refractivity contribution in [3.8, 4) is 11.8 Å². The Morgan fingerprint density at radius 1 is 1.60 bits per heavy atom. The van der Waals surface area contributed by atoms with Gasteiger partial charge in [0.2, 0.25) is 0 Å². The number of hydrogen-bond acceptors (Lipinski definition) is 2. The first-order valence-corrected chi connectivity index (χ1v) is 4.40. The monoisotopic (exact) mass is 219 g/mol. The second-order valence-electron chi connectivity index (χ2n) is 2.54. The van der Waals surface area contributed by atoms with Gasteiger partial charge in [0.25, 0.3) is 0 Å². The minimum Gasteiger partial charge on any atom is -0.298 e. The Labute approximate surface area is 91.5 Å². The van der Waals surface area contributed by atoms with Crippen LogP contribution in [0.15, 0.2) is 23.3 Å². The minimum absolute atomic E-state index is 0.0808. The number of azide groups is 1. The van der Waals surface area contributed by atoms with Gasteiger partial charge in [-0.1, -0.05) is 28.6 Å². The molecule has 0 amide bonds. The summed E-state index contributed by atoms with van der Waals surface area (Å²) in [6.45, 7) is 0.0808. The fraction of sp³-hybridized carbons (Fsp3) is 0.100. The Balaban J connectivity index is 2.96. The Hall–Kier alpha value is -1.95. The van der Waals surface area contributed by atoms with Crippen molar-refractivity contribution in [3.63, 3.8) is 0 Å². The Morgan fingerprint density at radius 3 is 3.07 bits per heavy atom. The lowest BCUT2D eigenvalue weighted by atomic mass is 10.1. The molecular weight excluding hydrogens is 214 g/mol. The van der Waals surface area contributed by atoms with Crippen molar-refractivity contribution in [1.29, 1.82) is 0 Å². The first-order valence-electron chi connectivity index (χ1n) is 4.02. The molecular formula is C10H6ClN3O. The molecule has 0 heterocycles. The highest BCUT2D eigenvalue weighted by Crippen LogP contribution is 2.13. The average molecular weight is 220 g/mol. The maximum Gasteiger partial charge on any atom is 0.151 e. The van der Waals surface area contributed by atoms with Crippen LogP contribution in [0.25, 0.3) is 10.4 Å². The fourth-order valence-corrected chi connectivity index (χ4v) is 1.13. The van der Waals surface area contributed by atoms with Crippen LogP contribution in [-0.4, -0.2) is 12.8 Å². The number of hydrogen-bond donors (Lipinski definition) is 0. The minimum atomic E-state index is 0.0808. The highest BCUT2D eigenvalue weighted by atomic mass is 35.5. The molecule has 0 radical (unpaired) electrons. The number of nitrogens with zero attached hydrogens (tertiary/aromatic N) is 3. The number of rotatable bonds is 2. The van der Waals surface area contributed by atoms with E-state index in [0.29, 0.717) is 22.4 Å². The fourth-order valence-electron chi connectivity index (χ4n) is 0.947. The highest BCUT2D eigenvalue weighted by molar-refractivity contribution is 6.30. The Kier molecular flexibility index (Phi) is 4.24. The molecule has 0 bridgehead atoms. The van der Waals surface area contributed by atoms with E-state index in [2.05, 4.69) is 21.9 Å². The normalized spacial score (nSPS) is 8.33. The van der Waals surface area contributed by atoms with E-state index in [-0.39, 0.29) is 6.54 Å². The smallest absolute Gasteiger partial charge is 0.151 e. The third-order valence-electron chi connectivity index (χ3n) is 1.58. The average Bonchev–Trinajstić information content (AvgIpc) is 2.26. The second kappa shape index (κ2) is 5.71. The summed E-state index contributed by atoms with van der Waals surface area (Å²) >= 11 is 5.71. The topological polar surface area (TPSA) is 65.8 Å². The maximum atomic E-state index is 10.7. The second-order valence-corrected chi connectivity index (χ2v) is 2.98. The van der Waals surface area contributed by atoms with E-state index in [1.165, 1.54) is 6.07 Å². The number of carbonyl (C=O) groups is 1. The molecule has 0 unspecified atom stereocenters. The summed E-state index contributed by atoms with van der Waals surface area (Å²) in [5.41, 5.74) is 9.02. The summed E-state index contributed by atoms with van der Waals surface area (Å²) in [5, 5.41) is 3.74. The quantitative estimate of drug-likeness (QED) is 0.248. The van der Waals surface area contributed by atoms with E-state index in [1.54, 1.807) is 12.1 Å². The van der Waals surface area contributed by atoms with Crippen LogP contribution in [0.1, 0.15) is 15.9 Å². The zero-order valence-corrected chi connectivity index (χ0v) is 8.40. The van der Waals surface area contributed by atoms with Crippen LogP contribution in [0.5, 0.6) is 0 Å². The van der Waals surface area contributed by atoms with Gasteiger partial charge in [-0.3, -0.25) is 4.79 Å². The number of halogens is 1. The molecule has 15 heavy (non-hydrogen) atoms. The van der Waals surface area contributed by atoms with Crippen molar-refractivity contribution in [3.05, 3.63) is 44.8 Å². The zero-order valence-electron chi connectivity index (χ0n) is 7.64. The first kappa shape index (κ1) is 11.1. The van der Waals surface area contributed by atoms with Gasteiger partial charge in [0.15, 0.2) is 6.29 Å². The van der Waals surface area contributed by atoms with Gasteiger partial charge in [-0.25, -0.2) is 0 Å². The van der Waals surface area contributed by atoms with Gasteiger partial charge in [0.05, 0.1) is 6.54 Å². The molecule has 0 aliphatic carbocycles. The lowest BCUT2D eigenvalue weighted by Crippen LogP contribution is -1.86. The summed E-state index contributed by atoms with van der Waals surface area (Å²) < 4.78 is 0. The molecule has 1 rings (SSSR count). The molecule has 0 aliphatic rings. The van der Waals surface area contributed by atoms with Gasteiger partial charge in [-0.2, -0.15) is 0 Å². The van der Waals surface area contributed by atoms with E-state index in [1.807, 2.05) is 0 Å². The summed E-state index contributed by atoms with van der Waals surface area (Å²) in [6.07, 6.45) is 0.684. The van der Waals surface area contributed by atoms with E-state index < -0.39 is 0 Å². The van der Waals surface area contributed by atoms with E-state index in [9.17, 15) is 4.79 Å². The highest BCUT2D eigenvalue weighted by Gasteiger charge is 1.98. The van der Waals surface area contributed by atoms with Crippen LogP contribution < -0.4 is 0 Å². The summed E-state index contributed by atoms with van der Waals surface area (Å²) in [6, 6.07) is 4.83. The predicted octanol–water partition coefficient (Wildman–Crippen LogP) is 2.81. The van der Waals surface area contributed by atoms with Crippen LogP contribution in [0.4, 0.5) is 0 Å². The largest absolute Gasteiger partial charge is 0.298 e. The Morgan fingerprint density at radius 2 is 2.40 bits per heavy atom. The lowest BCUT2D eigenvalue weighted by molar-refractivity contribution is 0.112. The number of benzene rings is 1. The molecule has 0 atom stereocenters.